The Balaban J connectivity index is 1.68. The van der Waals surface area contributed by atoms with Crippen molar-refractivity contribution in [2.75, 3.05) is 6.54 Å². The molecule has 1 aliphatic heterocycles. The SMILES string of the molecule is c1cncc(-c2ccc(CC3CCCCN3)cc2)c1. The molecule has 1 unspecified atom stereocenters. The van der Waals surface area contributed by atoms with E-state index >= 15 is 0 Å². The lowest BCUT2D eigenvalue weighted by atomic mass is 9.96. The van der Waals surface area contributed by atoms with Crippen LogP contribution in [0.2, 0.25) is 0 Å². The molecule has 1 aliphatic rings. The Morgan fingerprint density at radius 3 is 2.63 bits per heavy atom. The van der Waals surface area contributed by atoms with Crippen LogP contribution < -0.4 is 5.32 Å². The monoisotopic (exact) mass is 252 g/mol. The molecule has 2 heteroatoms. The molecule has 1 aromatic carbocycles. The molecule has 0 bridgehead atoms. The van der Waals surface area contributed by atoms with Gasteiger partial charge in [0.15, 0.2) is 0 Å². The predicted octanol–water partition coefficient (Wildman–Crippen LogP) is 3.43. The smallest absolute Gasteiger partial charge is 0.0346 e. The van der Waals surface area contributed by atoms with Crippen LogP contribution in [0.15, 0.2) is 48.8 Å². The van der Waals surface area contributed by atoms with Crippen molar-refractivity contribution in [3.63, 3.8) is 0 Å². The van der Waals surface area contributed by atoms with Gasteiger partial charge in [-0.05, 0) is 48.6 Å². The highest BCUT2D eigenvalue weighted by Crippen LogP contribution is 2.20. The maximum atomic E-state index is 4.17. The van der Waals surface area contributed by atoms with Crippen LogP contribution in [-0.4, -0.2) is 17.6 Å². The van der Waals surface area contributed by atoms with Gasteiger partial charge in [-0.25, -0.2) is 0 Å². The molecule has 2 heterocycles. The van der Waals surface area contributed by atoms with E-state index in [9.17, 15) is 0 Å². The fraction of sp³-hybridized carbons (Fsp3) is 0.353. The molecule has 98 valence electrons. The van der Waals surface area contributed by atoms with Crippen molar-refractivity contribution < 1.29 is 0 Å². The van der Waals surface area contributed by atoms with Gasteiger partial charge in [-0.2, -0.15) is 0 Å². The Morgan fingerprint density at radius 1 is 1.05 bits per heavy atom. The molecule has 0 amide bonds. The number of rotatable bonds is 3. The number of pyridine rings is 1. The fourth-order valence-electron chi connectivity index (χ4n) is 2.75. The van der Waals surface area contributed by atoms with E-state index in [-0.39, 0.29) is 0 Å². The Labute approximate surface area is 114 Å². The van der Waals surface area contributed by atoms with E-state index in [0.717, 1.165) is 6.42 Å². The minimum Gasteiger partial charge on any atom is -0.314 e. The highest BCUT2D eigenvalue weighted by atomic mass is 14.9. The lowest BCUT2D eigenvalue weighted by Gasteiger charge is -2.23. The van der Waals surface area contributed by atoms with Gasteiger partial charge < -0.3 is 5.32 Å². The molecule has 2 aromatic rings. The predicted molar refractivity (Wildman–Crippen MR) is 79.0 cm³/mol. The van der Waals surface area contributed by atoms with Gasteiger partial charge in [0.2, 0.25) is 0 Å². The third-order valence-corrected chi connectivity index (χ3v) is 3.84. The van der Waals surface area contributed by atoms with Crippen molar-refractivity contribution in [3.05, 3.63) is 54.4 Å². The first kappa shape index (κ1) is 12.4. The van der Waals surface area contributed by atoms with E-state index in [1.807, 2.05) is 18.5 Å². The fourth-order valence-corrected chi connectivity index (χ4v) is 2.75. The van der Waals surface area contributed by atoms with Gasteiger partial charge in [-0.1, -0.05) is 36.8 Å². The zero-order valence-corrected chi connectivity index (χ0v) is 11.2. The number of nitrogens with zero attached hydrogens (tertiary/aromatic N) is 1. The standard InChI is InChI=1S/C17H20N2/c1-2-11-19-17(5-1)12-14-6-8-15(9-7-14)16-4-3-10-18-13-16/h3-4,6-10,13,17,19H,1-2,5,11-12H2. The van der Waals surface area contributed by atoms with Gasteiger partial charge in [0, 0.05) is 18.4 Å². The molecular formula is C17H20N2. The van der Waals surface area contributed by atoms with Gasteiger partial charge in [0.1, 0.15) is 0 Å². The number of benzene rings is 1. The molecule has 1 N–H and O–H groups in total. The summed E-state index contributed by atoms with van der Waals surface area (Å²) in [6.45, 7) is 1.18. The van der Waals surface area contributed by atoms with Crippen LogP contribution >= 0.6 is 0 Å². The molecule has 0 spiro atoms. The minimum atomic E-state index is 0.665. The van der Waals surface area contributed by atoms with Crippen LogP contribution in [0.25, 0.3) is 11.1 Å². The molecule has 1 saturated heterocycles. The third kappa shape index (κ3) is 3.21. The maximum Gasteiger partial charge on any atom is 0.0346 e. The van der Waals surface area contributed by atoms with Crippen molar-refractivity contribution in [3.8, 4) is 11.1 Å². The van der Waals surface area contributed by atoms with E-state index in [2.05, 4.69) is 40.6 Å². The molecular weight excluding hydrogens is 232 g/mol. The molecule has 0 radical (unpaired) electrons. The van der Waals surface area contributed by atoms with E-state index in [4.69, 9.17) is 0 Å². The summed E-state index contributed by atoms with van der Waals surface area (Å²) in [6, 6.07) is 13.7. The second-order valence-corrected chi connectivity index (χ2v) is 5.29. The van der Waals surface area contributed by atoms with Crippen molar-refractivity contribution in [2.24, 2.45) is 0 Å². The number of piperidine rings is 1. The zero-order chi connectivity index (χ0) is 12.9. The number of hydrogen-bond acceptors (Lipinski definition) is 2. The highest BCUT2D eigenvalue weighted by Gasteiger charge is 2.12. The molecule has 0 saturated carbocycles. The van der Waals surface area contributed by atoms with Crippen LogP contribution in [0, 0.1) is 0 Å². The third-order valence-electron chi connectivity index (χ3n) is 3.84. The molecule has 0 aliphatic carbocycles. The summed E-state index contributed by atoms with van der Waals surface area (Å²) in [6.07, 6.45) is 8.88. The zero-order valence-electron chi connectivity index (χ0n) is 11.2. The van der Waals surface area contributed by atoms with Crippen LogP contribution in [0.1, 0.15) is 24.8 Å². The lowest BCUT2D eigenvalue weighted by molar-refractivity contribution is 0.399. The Morgan fingerprint density at radius 2 is 1.95 bits per heavy atom. The second-order valence-electron chi connectivity index (χ2n) is 5.29. The summed E-state index contributed by atoms with van der Waals surface area (Å²) < 4.78 is 0. The molecule has 2 nitrogen and oxygen atoms in total. The van der Waals surface area contributed by atoms with Gasteiger partial charge in [0.25, 0.3) is 0 Å². The summed E-state index contributed by atoms with van der Waals surface area (Å²) >= 11 is 0. The van der Waals surface area contributed by atoms with Crippen LogP contribution in [0.5, 0.6) is 0 Å². The van der Waals surface area contributed by atoms with Crippen molar-refractivity contribution in [1.29, 1.82) is 0 Å². The minimum absolute atomic E-state index is 0.665. The first-order valence-electron chi connectivity index (χ1n) is 7.14. The molecule has 1 fully saturated rings. The quantitative estimate of drug-likeness (QED) is 0.905. The number of aromatic nitrogens is 1. The molecule has 1 atom stereocenters. The molecule has 19 heavy (non-hydrogen) atoms. The van der Waals surface area contributed by atoms with Crippen molar-refractivity contribution in [2.45, 2.75) is 31.7 Å². The van der Waals surface area contributed by atoms with E-state index in [0.29, 0.717) is 6.04 Å². The first-order valence-corrected chi connectivity index (χ1v) is 7.14. The van der Waals surface area contributed by atoms with E-state index in [1.54, 1.807) is 0 Å². The van der Waals surface area contributed by atoms with Crippen LogP contribution in [0.3, 0.4) is 0 Å². The van der Waals surface area contributed by atoms with Gasteiger partial charge in [0.05, 0.1) is 0 Å². The lowest BCUT2D eigenvalue weighted by Crippen LogP contribution is -2.35. The Hall–Kier alpha value is -1.67. The van der Waals surface area contributed by atoms with Gasteiger partial charge in [-0.15, -0.1) is 0 Å². The largest absolute Gasteiger partial charge is 0.314 e. The van der Waals surface area contributed by atoms with E-state index in [1.165, 1.54) is 42.5 Å². The normalized spacial score (nSPS) is 19.3. The summed E-state index contributed by atoms with van der Waals surface area (Å²) in [5, 5.41) is 3.60. The molecule has 1 aromatic heterocycles. The van der Waals surface area contributed by atoms with Crippen LogP contribution in [0.4, 0.5) is 0 Å². The summed E-state index contributed by atoms with van der Waals surface area (Å²) in [5.41, 5.74) is 3.85. The van der Waals surface area contributed by atoms with Crippen molar-refractivity contribution >= 4 is 0 Å². The second kappa shape index (κ2) is 5.98. The Kier molecular flexibility index (Phi) is 3.89. The van der Waals surface area contributed by atoms with E-state index < -0.39 is 0 Å². The Bertz CT molecular complexity index is 499. The van der Waals surface area contributed by atoms with Gasteiger partial charge >= 0.3 is 0 Å². The first-order chi connectivity index (χ1) is 9.42. The summed E-state index contributed by atoms with van der Waals surface area (Å²) in [7, 11) is 0. The maximum absolute atomic E-state index is 4.17. The summed E-state index contributed by atoms with van der Waals surface area (Å²) in [5.74, 6) is 0. The van der Waals surface area contributed by atoms with Gasteiger partial charge in [-0.3, -0.25) is 4.98 Å². The average molecular weight is 252 g/mol. The number of hydrogen-bond donors (Lipinski definition) is 1. The topological polar surface area (TPSA) is 24.9 Å². The summed E-state index contributed by atoms with van der Waals surface area (Å²) in [4.78, 5) is 4.17. The number of nitrogens with one attached hydrogen (secondary N) is 1. The average Bonchev–Trinajstić information content (AvgIpc) is 2.50. The van der Waals surface area contributed by atoms with Crippen LogP contribution in [-0.2, 0) is 6.42 Å². The van der Waals surface area contributed by atoms with Crippen molar-refractivity contribution in [1.82, 2.24) is 10.3 Å². The molecule has 3 rings (SSSR count). The highest BCUT2D eigenvalue weighted by molar-refractivity contribution is 5.62.